The Morgan fingerprint density at radius 1 is 1.00 bits per heavy atom. The number of nitrogens with one attached hydrogen (secondary N) is 1. The number of carbonyl (C=O) groups excluding carboxylic acids is 1. The van der Waals surface area contributed by atoms with Gasteiger partial charge in [-0.15, -0.1) is 10.2 Å². The Bertz CT molecular complexity index is 1310. The molecule has 1 aliphatic heterocycles. The molecular formula is C28H27N3O4S2. The molecule has 1 saturated heterocycles. The zero-order valence-electron chi connectivity index (χ0n) is 20.2. The van der Waals surface area contributed by atoms with Crippen molar-refractivity contribution in [2.24, 2.45) is 0 Å². The van der Waals surface area contributed by atoms with Crippen LogP contribution in [0.3, 0.4) is 0 Å². The van der Waals surface area contributed by atoms with Crippen molar-refractivity contribution in [1.29, 1.82) is 0 Å². The van der Waals surface area contributed by atoms with E-state index in [-0.39, 0.29) is 24.7 Å². The average Bonchev–Trinajstić information content (AvgIpc) is 3.37. The van der Waals surface area contributed by atoms with Crippen LogP contribution >= 0.6 is 23.1 Å². The number of hydrogen-bond donors (Lipinski definition) is 2. The molecule has 7 nitrogen and oxygen atoms in total. The molecule has 2 N–H and O–H groups in total. The van der Waals surface area contributed by atoms with Crippen LogP contribution < -0.4 is 5.32 Å². The summed E-state index contributed by atoms with van der Waals surface area (Å²) in [6, 6.07) is 24.5. The number of carbonyl (C=O) groups is 1. The van der Waals surface area contributed by atoms with Gasteiger partial charge >= 0.3 is 0 Å². The molecule has 1 fully saturated rings. The van der Waals surface area contributed by atoms with Gasteiger partial charge in [-0.05, 0) is 42.3 Å². The van der Waals surface area contributed by atoms with Crippen molar-refractivity contribution < 1.29 is 19.4 Å². The smallest absolute Gasteiger partial charge is 0.255 e. The van der Waals surface area contributed by atoms with Crippen LogP contribution in [0.15, 0.2) is 83.2 Å². The third kappa shape index (κ3) is 6.63. The number of hydrogen-bond acceptors (Lipinski definition) is 8. The number of ether oxygens (including phenoxy) is 2. The summed E-state index contributed by atoms with van der Waals surface area (Å²) < 4.78 is 13.7. The Morgan fingerprint density at radius 3 is 2.41 bits per heavy atom. The topological polar surface area (TPSA) is 93.6 Å². The van der Waals surface area contributed by atoms with Gasteiger partial charge in [-0.3, -0.25) is 4.79 Å². The predicted molar refractivity (Wildman–Crippen MR) is 145 cm³/mol. The highest BCUT2D eigenvalue weighted by molar-refractivity contribution is 8.01. The molecule has 0 spiro atoms. The van der Waals surface area contributed by atoms with Crippen LogP contribution in [0.5, 0.6) is 0 Å². The lowest BCUT2D eigenvalue weighted by Crippen LogP contribution is -2.31. The summed E-state index contributed by atoms with van der Waals surface area (Å²) in [5.41, 5.74) is 4.07. The van der Waals surface area contributed by atoms with Crippen LogP contribution in [0.25, 0.3) is 0 Å². The van der Waals surface area contributed by atoms with E-state index in [1.807, 2.05) is 73.7 Å². The minimum absolute atomic E-state index is 0.00519. The number of benzene rings is 3. The number of nitrogens with zero attached hydrogens (tertiary/aromatic N) is 2. The number of aliphatic hydroxyl groups is 1. The molecule has 2 heterocycles. The number of rotatable bonds is 8. The summed E-state index contributed by atoms with van der Waals surface area (Å²) in [6.45, 7) is 1.95. The van der Waals surface area contributed by atoms with Crippen LogP contribution in [-0.4, -0.2) is 33.1 Å². The van der Waals surface area contributed by atoms with E-state index in [0.717, 1.165) is 31.8 Å². The van der Waals surface area contributed by atoms with Crippen LogP contribution in [0.1, 0.15) is 50.9 Å². The highest BCUT2D eigenvalue weighted by atomic mass is 32.2. The first-order valence-electron chi connectivity index (χ1n) is 12.0. The zero-order valence-corrected chi connectivity index (χ0v) is 21.9. The molecular weight excluding hydrogens is 506 g/mol. The average molecular weight is 534 g/mol. The second-order valence-corrected chi connectivity index (χ2v) is 11.1. The fourth-order valence-electron chi connectivity index (χ4n) is 4.04. The summed E-state index contributed by atoms with van der Waals surface area (Å²) in [7, 11) is 0. The number of thioether (sulfide) groups is 1. The van der Waals surface area contributed by atoms with Gasteiger partial charge in [-0.1, -0.05) is 77.7 Å². The summed E-state index contributed by atoms with van der Waals surface area (Å²) in [5.74, 6) is 0.569. The predicted octanol–water partition coefficient (Wildman–Crippen LogP) is 5.93. The highest BCUT2D eigenvalue weighted by Crippen LogP contribution is 2.39. The van der Waals surface area contributed by atoms with Gasteiger partial charge in [0.05, 0.1) is 18.8 Å². The molecule has 1 aliphatic rings. The van der Waals surface area contributed by atoms with Crippen LogP contribution in [-0.2, 0) is 16.1 Å². The summed E-state index contributed by atoms with van der Waals surface area (Å²) in [5, 5.41) is 21.6. The number of aromatic nitrogens is 2. The minimum atomic E-state index is -0.558. The molecule has 4 aromatic rings. The number of aliphatic hydroxyl groups excluding tert-OH is 1. The Labute approximate surface area is 223 Å². The van der Waals surface area contributed by atoms with Crippen molar-refractivity contribution in [3.05, 3.63) is 106 Å². The van der Waals surface area contributed by atoms with Gasteiger partial charge in [-0.25, -0.2) is 0 Å². The van der Waals surface area contributed by atoms with E-state index in [1.165, 1.54) is 0 Å². The van der Waals surface area contributed by atoms with E-state index >= 15 is 0 Å². The Morgan fingerprint density at radius 2 is 1.73 bits per heavy atom. The summed E-state index contributed by atoms with van der Waals surface area (Å²) in [4.78, 5) is 12.5. The lowest BCUT2D eigenvalue weighted by molar-refractivity contribution is -0.245. The zero-order chi connectivity index (χ0) is 25.6. The molecule has 0 saturated carbocycles. The van der Waals surface area contributed by atoms with Gasteiger partial charge in [0.25, 0.3) is 5.91 Å². The third-order valence-electron chi connectivity index (χ3n) is 5.99. The number of anilines is 1. The van der Waals surface area contributed by atoms with Gasteiger partial charge in [0.1, 0.15) is 5.01 Å². The van der Waals surface area contributed by atoms with E-state index in [9.17, 15) is 9.90 Å². The first kappa shape index (κ1) is 25.6. The van der Waals surface area contributed by atoms with Gasteiger partial charge in [0.15, 0.2) is 10.6 Å². The maximum Gasteiger partial charge on any atom is 0.255 e. The van der Waals surface area contributed by atoms with E-state index < -0.39 is 6.29 Å². The Kier molecular flexibility index (Phi) is 8.28. The lowest BCUT2D eigenvalue weighted by atomic mass is 10.0. The van der Waals surface area contributed by atoms with E-state index in [2.05, 4.69) is 15.5 Å². The summed E-state index contributed by atoms with van der Waals surface area (Å²) >= 11 is 3.21. The largest absolute Gasteiger partial charge is 0.392 e. The molecule has 0 unspecified atom stereocenters. The summed E-state index contributed by atoms with van der Waals surface area (Å²) in [6.07, 6.45) is -0.0825. The second-order valence-electron chi connectivity index (χ2n) is 8.69. The normalized spacial score (nSPS) is 19.5. The molecule has 0 bridgehead atoms. The molecule has 1 amide bonds. The number of aryl methyl sites for hydroxylation is 1. The van der Waals surface area contributed by atoms with E-state index in [4.69, 9.17) is 9.47 Å². The fraction of sp³-hybridized carbons (Fsp3) is 0.250. The van der Waals surface area contributed by atoms with Crippen LogP contribution in [0, 0.1) is 6.92 Å². The third-order valence-corrected chi connectivity index (χ3v) is 8.10. The van der Waals surface area contributed by atoms with Gasteiger partial charge in [0.2, 0.25) is 0 Å². The van der Waals surface area contributed by atoms with Gasteiger partial charge < -0.3 is 19.9 Å². The minimum Gasteiger partial charge on any atom is -0.392 e. The molecule has 3 atom stereocenters. The Hall–Kier alpha value is -3.08. The van der Waals surface area contributed by atoms with Crippen LogP contribution in [0.4, 0.5) is 5.69 Å². The SMILES string of the molecule is Cc1nnc(SC[C@@H]2C[C@H](c3ccc(CO)cc3)O[C@H](c3ccc(NC(=O)c4ccccc4)cc3)O2)s1. The molecule has 37 heavy (non-hydrogen) atoms. The monoisotopic (exact) mass is 533 g/mol. The number of amides is 1. The lowest BCUT2D eigenvalue weighted by Gasteiger charge is -2.36. The van der Waals surface area contributed by atoms with Crippen molar-refractivity contribution in [3.63, 3.8) is 0 Å². The standard InChI is InChI=1S/C28H27N3O4S2/c1-18-30-31-28(37-18)36-17-24-15-25(20-9-7-19(16-32)8-10-20)35-27(34-24)22-11-13-23(14-12-22)29-26(33)21-5-3-2-4-6-21/h2-14,24-25,27,32H,15-17H2,1H3,(H,29,33)/t24-,25+,27+/m0/s1. The fourth-order valence-corrected chi connectivity index (χ4v) is 5.90. The van der Waals surface area contributed by atoms with E-state index in [1.54, 1.807) is 35.2 Å². The molecule has 0 aliphatic carbocycles. The molecule has 0 radical (unpaired) electrons. The Balaban J connectivity index is 1.30. The maximum atomic E-state index is 12.5. The first-order chi connectivity index (χ1) is 18.1. The van der Waals surface area contributed by atoms with E-state index in [0.29, 0.717) is 17.7 Å². The van der Waals surface area contributed by atoms with Gasteiger partial charge in [0, 0.05) is 29.0 Å². The van der Waals surface area contributed by atoms with Gasteiger partial charge in [-0.2, -0.15) is 0 Å². The second kappa shape index (κ2) is 12.0. The molecule has 1 aromatic heterocycles. The maximum absolute atomic E-state index is 12.5. The molecule has 9 heteroatoms. The van der Waals surface area contributed by atoms with Crippen molar-refractivity contribution in [2.45, 2.75) is 42.8 Å². The van der Waals surface area contributed by atoms with Crippen molar-refractivity contribution in [2.75, 3.05) is 11.1 Å². The molecule has 190 valence electrons. The molecule has 3 aromatic carbocycles. The first-order valence-corrected chi connectivity index (χ1v) is 13.8. The van der Waals surface area contributed by atoms with Crippen molar-refractivity contribution in [1.82, 2.24) is 10.2 Å². The van der Waals surface area contributed by atoms with Crippen molar-refractivity contribution in [3.8, 4) is 0 Å². The quantitative estimate of drug-likeness (QED) is 0.271. The van der Waals surface area contributed by atoms with Crippen molar-refractivity contribution >= 4 is 34.7 Å². The molecule has 5 rings (SSSR count). The van der Waals surface area contributed by atoms with Crippen LogP contribution in [0.2, 0.25) is 0 Å². The highest BCUT2D eigenvalue weighted by Gasteiger charge is 2.32.